The Morgan fingerprint density at radius 1 is 1.47 bits per heavy atom. The van der Waals surface area contributed by atoms with Crippen molar-refractivity contribution in [2.45, 2.75) is 6.42 Å². The van der Waals surface area contributed by atoms with E-state index in [9.17, 15) is 0 Å². The zero-order valence-electron chi connectivity index (χ0n) is 8.93. The highest BCUT2D eigenvalue weighted by molar-refractivity contribution is 9.11. The average molecular weight is 337 g/mol. The Morgan fingerprint density at radius 2 is 2.20 bits per heavy atom. The third-order valence-electron chi connectivity index (χ3n) is 2.07. The predicted octanol–water partition coefficient (Wildman–Crippen LogP) is 2.65. The first-order valence-electron chi connectivity index (χ1n) is 4.82. The van der Waals surface area contributed by atoms with Crippen LogP contribution in [0.5, 0.6) is 0 Å². The molecule has 5 heteroatoms. The summed E-state index contributed by atoms with van der Waals surface area (Å²) in [7, 11) is 4.02. The second-order valence-corrected chi connectivity index (χ2v) is 5.11. The van der Waals surface area contributed by atoms with Gasteiger partial charge in [-0.2, -0.15) is 0 Å². The van der Waals surface area contributed by atoms with E-state index in [0.717, 1.165) is 34.3 Å². The van der Waals surface area contributed by atoms with Crippen LogP contribution in [-0.4, -0.2) is 32.2 Å². The van der Waals surface area contributed by atoms with Crippen molar-refractivity contribution in [2.24, 2.45) is 0 Å². The fraction of sp³-hybridized carbons (Fsp3) is 0.500. The highest BCUT2D eigenvalue weighted by atomic mass is 79.9. The molecule has 0 aliphatic carbocycles. The summed E-state index contributed by atoms with van der Waals surface area (Å²) in [6.07, 6.45) is 2.92. The Morgan fingerprint density at radius 3 is 2.80 bits per heavy atom. The summed E-state index contributed by atoms with van der Waals surface area (Å²) < 4.78 is 2.01. The molecule has 0 aliphatic rings. The fourth-order valence-corrected chi connectivity index (χ4v) is 2.58. The molecule has 0 aromatic carbocycles. The minimum Gasteiger partial charge on any atom is -0.359 e. The maximum Gasteiger partial charge on any atom is 0.142 e. The van der Waals surface area contributed by atoms with Gasteiger partial charge >= 0.3 is 0 Å². The highest BCUT2D eigenvalue weighted by Gasteiger charge is 2.06. The van der Waals surface area contributed by atoms with Gasteiger partial charge in [0.15, 0.2) is 0 Å². The van der Waals surface area contributed by atoms with Crippen molar-refractivity contribution in [1.29, 1.82) is 0 Å². The molecule has 0 saturated carbocycles. The van der Waals surface area contributed by atoms with Gasteiger partial charge in [0, 0.05) is 24.3 Å². The minimum atomic E-state index is 0.981. The summed E-state index contributed by atoms with van der Waals surface area (Å²) in [5, 5.41) is 3.13. The zero-order valence-corrected chi connectivity index (χ0v) is 12.1. The van der Waals surface area contributed by atoms with Crippen molar-refractivity contribution in [3.05, 3.63) is 21.2 Å². The number of anilines is 1. The number of aromatic nitrogens is 1. The molecular formula is C10H15Br2N3. The van der Waals surface area contributed by atoms with Crippen molar-refractivity contribution < 1.29 is 0 Å². The van der Waals surface area contributed by atoms with E-state index in [0.29, 0.717) is 0 Å². The van der Waals surface area contributed by atoms with Crippen LogP contribution in [-0.2, 0) is 0 Å². The molecule has 1 rings (SSSR count). The minimum absolute atomic E-state index is 0.981. The molecule has 84 valence electrons. The number of hydrogen-bond donors (Lipinski definition) is 1. The first-order valence-corrected chi connectivity index (χ1v) is 6.40. The van der Waals surface area contributed by atoms with Gasteiger partial charge in [-0.1, -0.05) is 0 Å². The summed E-state index contributed by atoms with van der Waals surface area (Å²) in [6, 6.07) is 2.01. The largest absolute Gasteiger partial charge is 0.359 e. The second-order valence-electron chi connectivity index (χ2n) is 3.34. The Bertz CT molecular complexity index is 318. The molecule has 1 heterocycles. The summed E-state index contributed by atoms with van der Waals surface area (Å²) in [4.78, 5) is 6.51. The third-order valence-corrected chi connectivity index (χ3v) is 3.09. The zero-order chi connectivity index (χ0) is 11.3. The summed E-state index contributed by atoms with van der Waals surface area (Å²) in [5.41, 5.74) is 0. The van der Waals surface area contributed by atoms with E-state index in [1.54, 1.807) is 0 Å². The molecule has 3 nitrogen and oxygen atoms in total. The molecule has 0 bridgehead atoms. The molecular weight excluding hydrogens is 322 g/mol. The number of halogens is 2. The van der Waals surface area contributed by atoms with Gasteiger partial charge in [-0.3, -0.25) is 0 Å². The van der Waals surface area contributed by atoms with Crippen molar-refractivity contribution >= 4 is 37.7 Å². The van der Waals surface area contributed by atoms with E-state index in [-0.39, 0.29) is 0 Å². The van der Waals surface area contributed by atoms with E-state index < -0.39 is 0 Å². The van der Waals surface area contributed by atoms with Crippen LogP contribution in [0, 0.1) is 0 Å². The van der Waals surface area contributed by atoms with E-state index >= 15 is 0 Å². The van der Waals surface area contributed by atoms with Gasteiger partial charge in [-0.15, -0.1) is 0 Å². The lowest BCUT2D eigenvalue weighted by Gasteiger charge is -2.19. The lowest BCUT2D eigenvalue weighted by molar-refractivity contribution is 0.708. The number of rotatable bonds is 5. The first-order chi connectivity index (χ1) is 7.15. The standard InChI is InChI=1S/C10H15Br2N3/c1-13-4-3-5-15(2)10-9(12)6-8(11)7-14-10/h6-7,13H,3-5H2,1-2H3. The molecule has 0 atom stereocenters. The molecule has 15 heavy (non-hydrogen) atoms. The van der Waals surface area contributed by atoms with Crippen LogP contribution in [0.25, 0.3) is 0 Å². The van der Waals surface area contributed by atoms with E-state index in [1.165, 1.54) is 0 Å². The van der Waals surface area contributed by atoms with Crippen LogP contribution in [0.4, 0.5) is 5.82 Å². The van der Waals surface area contributed by atoms with Crippen LogP contribution in [0.1, 0.15) is 6.42 Å². The Labute approximate surface area is 108 Å². The van der Waals surface area contributed by atoms with Gasteiger partial charge in [-0.25, -0.2) is 4.98 Å². The number of nitrogens with zero attached hydrogens (tertiary/aromatic N) is 2. The maximum atomic E-state index is 4.37. The first kappa shape index (κ1) is 12.9. The predicted molar refractivity (Wildman–Crippen MR) is 71.5 cm³/mol. The quantitative estimate of drug-likeness (QED) is 0.838. The normalized spacial score (nSPS) is 10.4. The van der Waals surface area contributed by atoms with Crippen molar-refractivity contribution in [3.63, 3.8) is 0 Å². The monoisotopic (exact) mass is 335 g/mol. The van der Waals surface area contributed by atoms with Crippen LogP contribution >= 0.6 is 31.9 Å². The second kappa shape index (κ2) is 6.45. The fourth-order valence-electron chi connectivity index (χ4n) is 1.29. The molecule has 0 aliphatic heterocycles. The topological polar surface area (TPSA) is 28.2 Å². The Hall–Kier alpha value is -0.130. The SMILES string of the molecule is CNCCCN(C)c1ncc(Br)cc1Br. The van der Waals surface area contributed by atoms with E-state index in [4.69, 9.17) is 0 Å². The van der Waals surface area contributed by atoms with Crippen molar-refractivity contribution in [3.8, 4) is 0 Å². The van der Waals surface area contributed by atoms with E-state index in [2.05, 4.69) is 54.1 Å². The van der Waals surface area contributed by atoms with Crippen LogP contribution in [0.15, 0.2) is 21.2 Å². The van der Waals surface area contributed by atoms with Gasteiger partial charge in [0.2, 0.25) is 0 Å². The summed E-state index contributed by atoms with van der Waals surface area (Å²) in [6.45, 7) is 2.02. The molecule has 0 fully saturated rings. The molecule has 1 N–H and O–H groups in total. The molecule has 1 aromatic rings. The molecule has 0 saturated heterocycles. The lowest BCUT2D eigenvalue weighted by Crippen LogP contribution is -2.23. The van der Waals surface area contributed by atoms with Crippen molar-refractivity contribution in [2.75, 3.05) is 32.1 Å². The van der Waals surface area contributed by atoms with Gasteiger partial charge < -0.3 is 10.2 Å². The molecule has 0 amide bonds. The summed E-state index contributed by atoms with van der Waals surface area (Å²) >= 11 is 6.90. The number of hydrogen-bond acceptors (Lipinski definition) is 3. The Kier molecular flexibility index (Phi) is 5.56. The smallest absolute Gasteiger partial charge is 0.142 e. The van der Waals surface area contributed by atoms with E-state index in [1.807, 2.05) is 19.3 Å². The Balaban J connectivity index is 2.61. The summed E-state index contributed by atoms with van der Waals surface area (Å²) in [5.74, 6) is 0.981. The average Bonchev–Trinajstić information content (AvgIpc) is 2.17. The van der Waals surface area contributed by atoms with Gasteiger partial charge in [0.25, 0.3) is 0 Å². The van der Waals surface area contributed by atoms with Crippen LogP contribution in [0.2, 0.25) is 0 Å². The number of nitrogens with one attached hydrogen (secondary N) is 1. The molecule has 0 spiro atoms. The molecule has 0 radical (unpaired) electrons. The lowest BCUT2D eigenvalue weighted by atomic mass is 10.3. The van der Waals surface area contributed by atoms with Crippen LogP contribution < -0.4 is 10.2 Å². The third kappa shape index (κ3) is 4.09. The van der Waals surface area contributed by atoms with Gasteiger partial charge in [0.1, 0.15) is 5.82 Å². The highest BCUT2D eigenvalue weighted by Crippen LogP contribution is 2.25. The van der Waals surface area contributed by atoms with Gasteiger partial charge in [-0.05, 0) is 57.9 Å². The van der Waals surface area contributed by atoms with Crippen LogP contribution in [0.3, 0.4) is 0 Å². The number of pyridine rings is 1. The molecule has 0 unspecified atom stereocenters. The van der Waals surface area contributed by atoms with Crippen molar-refractivity contribution in [1.82, 2.24) is 10.3 Å². The molecule has 1 aromatic heterocycles. The van der Waals surface area contributed by atoms with Gasteiger partial charge in [0.05, 0.1) is 4.47 Å². The maximum absolute atomic E-state index is 4.37.